The van der Waals surface area contributed by atoms with Crippen molar-refractivity contribution in [2.75, 3.05) is 0 Å². The fourth-order valence-corrected chi connectivity index (χ4v) is 2.15. The Morgan fingerprint density at radius 2 is 1.23 bits per heavy atom. The highest BCUT2D eigenvalue weighted by Gasteiger charge is 2.22. The minimum atomic E-state index is -0.629. The van der Waals surface area contributed by atoms with Crippen LogP contribution in [0.4, 0.5) is 0 Å². The number of rotatable bonds is 8. The second-order valence-electron chi connectivity index (χ2n) is 6.26. The lowest BCUT2D eigenvalue weighted by Crippen LogP contribution is -2.14. The van der Waals surface area contributed by atoms with Crippen LogP contribution in [0.15, 0.2) is 12.1 Å². The molecule has 0 aliphatic carbocycles. The van der Waals surface area contributed by atoms with Gasteiger partial charge in [0.05, 0.1) is 30.0 Å². The fraction of sp³-hybridized carbons (Fsp3) is 0.667. The van der Waals surface area contributed by atoms with Crippen LogP contribution in [0.25, 0.3) is 0 Å². The van der Waals surface area contributed by atoms with Gasteiger partial charge in [-0.05, 0) is 48.0 Å². The molecule has 1 unspecified atom stereocenters. The first-order chi connectivity index (χ1) is 10.2. The number of ether oxygens (including phenoxy) is 3. The predicted octanol–water partition coefficient (Wildman–Crippen LogP) is 4.49. The van der Waals surface area contributed by atoms with Crippen molar-refractivity contribution in [2.45, 2.75) is 79.3 Å². The first kappa shape index (κ1) is 18.6. The molecule has 4 heteroatoms. The highest BCUT2D eigenvalue weighted by molar-refractivity contribution is 5.52. The van der Waals surface area contributed by atoms with E-state index in [1.54, 1.807) is 0 Å². The Labute approximate surface area is 134 Å². The first-order valence-electron chi connectivity index (χ1n) is 8.10. The minimum Gasteiger partial charge on any atom is -0.491 e. The normalized spacial score (nSPS) is 12.9. The molecule has 0 aromatic heterocycles. The van der Waals surface area contributed by atoms with E-state index in [9.17, 15) is 5.11 Å². The second-order valence-corrected chi connectivity index (χ2v) is 6.26. The third kappa shape index (κ3) is 5.41. The number of aliphatic hydroxyl groups is 1. The van der Waals surface area contributed by atoms with Gasteiger partial charge >= 0.3 is 0 Å². The SMILES string of the molecule is CCC(O)c1c(OC(C)C)cc(OC(C)C)cc1OC(C)C. The molecule has 1 aromatic carbocycles. The lowest BCUT2D eigenvalue weighted by molar-refractivity contribution is 0.149. The monoisotopic (exact) mass is 310 g/mol. The van der Waals surface area contributed by atoms with Gasteiger partial charge < -0.3 is 19.3 Å². The molecule has 0 heterocycles. The molecule has 0 spiro atoms. The first-order valence-corrected chi connectivity index (χ1v) is 8.10. The molecule has 0 aliphatic rings. The summed E-state index contributed by atoms with van der Waals surface area (Å²) in [4.78, 5) is 0. The van der Waals surface area contributed by atoms with Crippen molar-refractivity contribution in [1.82, 2.24) is 0 Å². The smallest absolute Gasteiger partial charge is 0.132 e. The minimum absolute atomic E-state index is 0.00371. The molecule has 1 rings (SSSR count). The molecule has 0 saturated carbocycles. The van der Waals surface area contributed by atoms with Gasteiger partial charge in [0.2, 0.25) is 0 Å². The van der Waals surface area contributed by atoms with Gasteiger partial charge in [-0.25, -0.2) is 0 Å². The molecule has 0 aliphatic heterocycles. The van der Waals surface area contributed by atoms with Crippen LogP contribution in [0.5, 0.6) is 17.2 Å². The van der Waals surface area contributed by atoms with Gasteiger partial charge in [0.15, 0.2) is 0 Å². The van der Waals surface area contributed by atoms with Crippen molar-refractivity contribution in [3.05, 3.63) is 17.7 Å². The number of benzene rings is 1. The lowest BCUT2D eigenvalue weighted by Gasteiger charge is -2.24. The molecule has 0 fully saturated rings. The summed E-state index contributed by atoms with van der Waals surface area (Å²) < 4.78 is 17.6. The fourth-order valence-electron chi connectivity index (χ4n) is 2.15. The lowest BCUT2D eigenvalue weighted by atomic mass is 10.0. The van der Waals surface area contributed by atoms with Gasteiger partial charge in [0.25, 0.3) is 0 Å². The number of aliphatic hydroxyl groups excluding tert-OH is 1. The largest absolute Gasteiger partial charge is 0.491 e. The predicted molar refractivity (Wildman–Crippen MR) is 89.0 cm³/mol. The van der Waals surface area contributed by atoms with E-state index in [4.69, 9.17) is 14.2 Å². The quantitative estimate of drug-likeness (QED) is 0.768. The van der Waals surface area contributed by atoms with E-state index in [-0.39, 0.29) is 18.3 Å². The van der Waals surface area contributed by atoms with E-state index in [0.29, 0.717) is 29.2 Å². The third-order valence-electron chi connectivity index (χ3n) is 2.89. The zero-order valence-electron chi connectivity index (χ0n) is 14.8. The second kappa shape index (κ2) is 8.28. The summed E-state index contributed by atoms with van der Waals surface area (Å²) in [5.74, 6) is 1.93. The summed E-state index contributed by atoms with van der Waals surface area (Å²) in [5, 5.41) is 10.4. The maximum absolute atomic E-state index is 10.4. The summed E-state index contributed by atoms with van der Waals surface area (Å²) in [6.07, 6.45) is 0.0252. The zero-order valence-corrected chi connectivity index (χ0v) is 14.8. The van der Waals surface area contributed by atoms with E-state index in [1.165, 1.54) is 0 Å². The van der Waals surface area contributed by atoms with Crippen LogP contribution < -0.4 is 14.2 Å². The van der Waals surface area contributed by atoms with Gasteiger partial charge in [-0.2, -0.15) is 0 Å². The highest BCUT2D eigenvalue weighted by Crippen LogP contribution is 2.40. The van der Waals surface area contributed by atoms with E-state index >= 15 is 0 Å². The molecule has 0 amide bonds. The molecular formula is C18H30O4. The maximum Gasteiger partial charge on any atom is 0.132 e. The molecule has 1 atom stereocenters. The topological polar surface area (TPSA) is 47.9 Å². The molecule has 1 aromatic rings. The molecule has 22 heavy (non-hydrogen) atoms. The Kier molecular flexibility index (Phi) is 7.01. The van der Waals surface area contributed by atoms with Crippen LogP contribution in [-0.2, 0) is 0 Å². The Balaban J connectivity index is 3.38. The maximum atomic E-state index is 10.4. The average Bonchev–Trinajstić information content (AvgIpc) is 2.35. The van der Waals surface area contributed by atoms with Crippen LogP contribution in [-0.4, -0.2) is 23.4 Å². The Morgan fingerprint density at radius 3 is 1.55 bits per heavy atom. The number of hydrogen-bond donors (Lipinski definition) is 1. The van der Waals surface area contributed by atoms with Crippen molar-refractivity contribution in [3.63, 3.8) is 0 Å². The van der Waals surface area contributed by atoms with E-state index < -0.39 is 6.10 Å². The van der Waals surface area contributed by atoms with Crippen LogP contribution in [0.3, 0.4) is 0 Å². The molecule has 0 saturated heterocycles. The van der Waals surface area contributed by atoms with Gasteiger partial charge in [0.1, 0.15) is 17.2 Å². The molecule has 126 valence electrons. The van der Waals surface area contributed by atoms with E-state index in [1.807, 2.05) is 60.6 Å². The third-order valence-corrected chi connectivity index (χ3v) is 2.89. The van der Waals surface area contributed by atoms with Crippen LogP contribution >= 0.6 is 0 Å². The van der Waals surface area contributed by atoms with E-state index in [2.05, 4.69) is 0 Å². The molecule has 0 bridgehead atoms. The molecule has 4 nitrogen and oxygen atoms in total. The average molecular weight is 310 g/mol. The van der Waals surface area contributed by atoms with Crippen molar-refractivity contribution >= 4 is 0 Å². The number of hydrogen-bond acceptors (Lipinski definition) is 4. The molecule has 1 N–H and O–H groups in total. The zero-order chi connectivity index (χ0) is 16.9. The highest BCUT2D eigenvalue weighted by atomic mass is 16.5. The summed E-state index contributed by atoms with van der Waals surface area (Å²) in [7, 11) is 0. The van der Waals surface area contributed by atoms with Gasteiger partial charge in [-0.15, -0.1) is 0 Å². The van der Waals surface area contributed by atoms with Crippen LogP contribution in [0, 0.1) is 0 Å². The summed E-state index contributed by atoms with van der Waals surface area (Å²) in [5.41, 5.74) is 0.695. The molecular weight excluding hydrogens is 280 g/mol. The van der Waals surface area contributed by atoms with Gasteiger partial charge in [0, 0.05) is 12.1 Å². The van der Waals surface area contributed by atoms with Crippen LogP contribution in [0.2, 0.25) is 0 Å². The van der Waals surface area contributed by atoms with Crippen molar-refractivity contribution in [1.29, 1.82) is 0 Å². The summed E-state index contributed by atoms with van der Waals surface area (Å²) in [6.45, 7) is 13.7. The molecule has 0 radical (unpaired) electrons. The summed E-state index contributed by atoms with van der Waals surface area (Å²) >= 11 is 0. The van der Waals surface area contributed by atoms with Crippen molar-refractivity contribution in [2.24, 2.45) is 0 Å². The van der Waals surface area contributed by atoms with Crippen molar-refractivity contribution in [3.8, 4) is 17.2 Å². The standard InChI is InChI=1S/C18H30O4/c1-8-15(19)18-16(21-12(4)5)9-14(20-11(2)3)10-17(18)22-13(6)7/h9-13,15,19H,8H2,1-7H3. The Morgan fingerprint density at radius 1 is 0.818 bits per heavy atom. The van der Waals surface area contributed by atoms with Crippen LogP contribution in [0.1, 0.15) is 66.6 Å². The van der Waals surface area contributed by atoms with Crippen molar-refractivity contribution < 1.29 is 19.3 Å². The Bertz CT molecular complexity index is 435. The van der Waals surface area contributed by atoms with Gasteiger partial charge in [-0.1, -0.05) is 6.92 Å². The van der Waals surface area contributed by atoms with E-state index in [0.717, 1.165) is 0 Å². The summed E-state index contributed by atoms with van der Waals surface area (Å²) in [6, 6.07) is 3.67. The van der Waals surface area contributed by atoms with Gasteiger partial charge in [-0.3, -0.25) is 0 Å². The Hall–Kier alpha value is -1.42.